The van der Waals surface area contributed by atoms with Gasteiger partial charge >= 0.3 is 19.9 Å². The van der Waals surface area contributed by atoms with Crippen LogP contribution in [-0.2, 0) is 37.4 Å². The average molecular weight is 662 g/mol. The number of fused-ring (bicyclic) bond motifs is 3. The lowest BCUT2D eigenvalue weighted by atomic mass is 9.98. The molecule has 3 rings (SSSR count). The van der Waals surface area contributed by atoms with Gasteiger partial charge in [0, 0.05) is 39.0 Å². The molecule has 2 unspecified atom stereocenters. The van der Waals surface area contributed by atoms with E-state index in [2.05, 4.69) is 5.32 Å². The normalized spacial score (nSPS) is 14.1. The smallest absolute Gasteiger partial charge is 0.459 e. The summed E-state index contributed by atoms with van der Waals surface area (Å²) in [5.41, 5.74) is 4.41. The van der Waals surface area contributed by atoms with Crippen LogP contribution < -0.4 is 5.32 Å². The molecule has 0 aromatic heterocycles. The van der Waals surface area contributed by atoms with Crippen molar-refractivity contribution in [3.05, 3.63) is 59.7 Å². The molecule has 2 aromatic rings. The van der Waals surface area contributed by atoms with E-state index in [4.69, 9.17) is 23.3 Å². The molecule has 0 radical (unpaired) electrons. The van der Waals surface area contributed by atoms with Crippen LogP contribution in [-0.4, -0.2) is 69.4 Å². The van der Waals surface area contributed by atoms with Gasteiger partial charge in [0.15, 0.2) is 0 Å². The highest BCUT2D eigenvalue weighted by Gasteiger charge is 2.29. The summed E-state index contributed by atoms with van der Waals surface area (Å²) in [6.45, 7) is 0.0293. The van der Waals surface area contributed by atoms with Crippen LogP contribution in [0.2, 0.25) is 0 Å². The van der Waals surface area contributed by atoms with Crippen molar-refractivity contribution in [2.45, 2.75) is 82.7 Å². The van der Waals surface area contributed by atoms with Crippen LogP contribution in [0.25, 0.3) is 11.1 Å². The van der Waals surface area contributed by atoms with Crippen LogP contribution in [0.1, 0.15) is 87.7 Å². The van der Waals surface area contributed by atoms with Crippen molar-refractivity contribution < 1.29 is 47.1 Å². The third-order valence-electron chi connectivity index (χ3n) is 7.78. The van der Waals surface area contributed by atoms with Gasteiger partial charge in [0.2, 0.25) is 0 Å². The number of carbonyl (C=O) groups is 3. The van der Waals surface area contributed by atoms with Crippen molar-refractivity contribution in [2.75, 3.05) is 40.1 Å². The number of rotatable bonds is 24. The Morgan fingerprint density at radius 3 is 2.07 bits per heavy atom. The topological polar surface area (TPSA) is 147 Å². The zero-order valence-corrected chi connectivity index (χ0v) is 27.6. The maximum atomic E-state index is 12.3. The quantitative estimate of drug-likeness (QED) is 0.0539. The fourth-order valence-corrected chi connectivity index (χ4v) is 6.18. The zero-order chi connectivity index (χ0) is 33.0. The number of phosphoric acid groups is 1. The fraction of sp³-hybridized carbons (Fsp3) is 0.559. The summed E-state index contributed by atoms with van der Waals surface area (Å²) < 4.78 is 37.9. The van der Waals surface area contributed by atoms with Gasteiger partial charge in [-0.1, -0.05) is 93.5 Å². The number of amides is 1. The monoisotopic (exact) mass is 661 g/mol. The van der Waals surface area contributed by atoms with Crippen molar-refractivity contribution in [3.63, 3.8) is 0 Å². The van der Waals surface area contributed by atoms with Crippen LogP contribution in [0.5, 0.6) is 0 Å². The van der Waals surface area contributed by atoms with E-state index in [9.17, 15) is 23.8 Å². The maximum Gasteiger partial charge on any atom is 0.472 e. The number of unbranched alkanes of at least 4 members (excludes halogenated alkanes) is 8. The highest BCUT2D eigenvalue weighted by atomic mass is 31.2. The Kier molecular flexibility index (Phi) is 17.0. The second kappa shape index (κ2) is 20.9. The molecule has 2 atom stereocenters. The molecule has 1 aliphatic carbocycles. The summed E-state index contributed by atoms with van der Waals surface area (Å²) in [7, 11) is -2.82. The van der Waals surface area contributed by atoms with Gasteiger partial charge in [0.1, 0.15) is 19.0 Å². The molecule has 0 saturated carbocycles. The number of nitrogens with one attached hydrogen (secondary N) is 1. The van der Waals surface area contributed by atoms with Crippen LogP contribution in [0.3, 0.4) is 0 Å². The number of ether oxygens (including phenoxy) is 3. The molecule has 2 N–H and O–H groups in total. The highest BCUT2D eigenvalue weighted by molar-refractivity contribution is 7.47. The number of alkyl carbamates (subject to hydrolysis) is 1. The Morgan fingerprint density at radius 2 is 1.46 bits per heavy atom. The first kappa shape index (κ1) is 37.4. The molecular weight excluding hydrogens is 613 g/mol. The third-order valence-corrected chi connectivity index (χ3v) is 8.76. The van der Waals surface area contributed by atoms with Crippen molar-refractivity contribution in [3.8, 4) is 11.1 Å². The van der Waals surface area contributed by atoms with Gasteiger partial charge in [-0.25, -0.2) is 9.36 Å². The Labute approximate surface area is 271 Å². The zero-order valence-electron chi connectivity index (χ0n) is 26.7. The minimum atomic E-state index is -4.53. The number of methoxy groups -OCH3 is 1. The van der Waals surface area contributed by atoms with Gasteiger partial charge < -0.3 is 29.2 Å². The standard InChI is InChI=1S/C34H48NO10P/c1-41-23-14-8-6-4-2-3-5-7-9-19-33(37)45-27(20-22-36)25-44-46(39,40)43-24-21-35-34(38)42-26-32-30-17-12-10-15-28(30)29-16-11-13-18-31(29)32/h10-13,15-18,22,27,32H,2-9,14,19-21,23-26H2,1H3,(H,35,38)(H,39,40). The number of hydrogen-bond donors (Lipinski definition) is 2. The molecule has 0 spiro atoms. The number of aldehydes is 1. The minimum Gasteiger partial charge on any atom is -0.459 e. The Hall–Kier alpha value is -3.08. The predicted octanol–water partition coefficient (Wildman–Crippen LogP) is 6.71. The van der Waals surface area contributed by atoms with Gasteiger partial charge in [0.05, 0.1) is 13.2 Å². The number of carbonyl (C=O) groups excluding carboxylic acids is 3. The van der Waals surface area contributed by atoms with E-state index < -0.39 is 32.6 Å². The molecule has 2 aromatic carbocycles. The molecule has 0 aliphatic heterocycles. The molecule has 1 amide bonds. The summed E-state index contributed by atoms with van der Waals surface area (Å²) in [5.74, 6) is -0.583. The largest absolute Gasteiger partial charge is 0.472 e. The molecule has 46 heavy (non-hydrogen) atoms. The first-order valence-electron chi connectivity index (χ1n) is 16.2. The van der Waals surface area contributed by atoms with Crippen molar-refractivity contribution in [2.24, 2.45) is 0 Å². The summed E-state index contributed by atoms with van der Waals surface area (Å²) in [6, 6.07) is 16.0. The molecule has 0 saturated heterocycles. The summed E-state index contributed by atoms with van der Waals surface area (Å²) >= 11 is 0. The molecule has 0 heterocycles. The van der Waals surface area contributed by atoms with E-state index in [1.807, 2.05) is 48.5 Å². The van der Waals surface area contributed by atoms with Gasteiger partial charge in [-0.05, 0) is 35.1 Å². The van der Waals surface area contributed by atoms with Gasteiger partial charge in [-0.3, -0.25) is 13.8 Å². The summed E-state index contributed by atoms with van der Waals surface area (Å²) in [6.07, 6.45) is 8.45. The van der Waals surface area contributed by atoms with E-state index in [-0.39, 0.29) is 38.5 Å². The number of hydrogen-bond acceptors (Lipinski definition) is 9. The van der Waals surface area contributed by atoms with E-state index >= 15 is 0 Å². The van der Waals surface area contributed by atoms with Gasteiger partial charge in [-0.15, -0.1) is 0 Å². The second-order valence-electron chi connectivity index (χ2n) is 11.3. The predicted molar refractivity (Wildman–Crippen MR) is 173 cm³/mol. The Morgan fingerprint density at radius 1 is 0.870 bits per heavy atom. The molecule has 254 valence electrons. The van der Waals surface area contributed by atoms with Crippen molar-refractivity contribution >= 4 is 26.2 Å². The van der Waals surface area contributed by atoms with Crippen LogP contribution in [0.15, 0.2) is 48.5 Å². The summed E-state index contributed by atoms with van der Waals surface area (Å²) in [4.78, 5) is 45.6. The van der Waals surface area contributed by atoms with Gasteiger partial charge in [-0.2, -0.15) is 0 Å². The lowest BCUT2D eigenvalue weighted by molar-refractivity contribution is -0.151. The van der Waals surface area contributed by atoms with Gasteiger partial charge in [0.25, 0.3) is 0 Å². The lowest BCUT2D eigenvalue weighted by Gasteiger charge is -2.18. The summed E-state index contributed by atoms with van der Waals surface area (Å²) in [5, 5.41) is 2.49. The Balaban J connectivity index is 1.26. The maximum absolute atomic E-state index is 12.3. The molecule has 0 fully saturated rings. The van der Waals surface area contributed by atoms with E-state index in [0.29, 0.717) is 12.7 Å². The lowest BCUT2D eigenvalue weighted by Crippen LogP contribution is -2.29. The van der Waals surface area contributed by atoms with E-state index in [1.54, 1.807) is 7.11 Å². The van der Waals surface area contributed by atoms with Crippen molar-refractivity contribution in [1.82, 2.24) is 5.32 Å². The fourth-order valence-electron chi connectivity index (χ4n) is 5.43. The van der Waals surface area contributed by atoms with Crippen LogP contribution >= 0.6 is 7.82 Å². The van der Waals surface area contributed by atoms with Crippen molar-refractivity contribution in [1.29, 1.82) is 0 Å². The molecule has 11 nitrogen and oxygen atoms in total. The number of phosphoric ester groups is 1. The third kappa shape index (κ3) is 13.3. The van der Waals surface area contributed by atoms with Crippen LogP contribution in [0, 0.1) is 0 Å². The van der Waals surface area contributed by atoms with Crippen LogP contribution in [0.4, 0.5) is 4.79 Å². The SMILES string of the molecule is COCCCCCCCCCCCC(=O)OC(CC=O)COP(=O)(O)OCCNC(=O)OCC1c2ccccc2-c2ccccc21. The van der Waals surface area contributed by atoms with E-state index in [1.165, 1.54) is 25.7 Å². The molecular formula is C34H48NO10P. The average Bonchev–Trinajstić information content (AvgIpc) is 3.37. The number of benzene rings is 2. The highest BCUT2D eigenvalue weighted by Crippen LogP contribution is 2.45. The number of esters is 1. The molecule has 0 bridgehead atoms. The second-order valence-corrected chi connectivity index (χ2v) is 12.7. The molecule has 1 aliphatic rings. The van der Waals surface area contributed by atoms with E-state index in [0.717, 1.165) is 54.5 Å². The first-order valence-corrected chi connectivity index (χ1v) is 17.7. The minimum absolute atomic E-state index is 0.0922. The first-order chi connectivity index (χ1) is 22.3. The Bertz CT molecular complexity index is 1230. The molecule has 12 heteroatoms.